The third kappa shape index (κ3) is 3.30. The number of nitrogens with zero attached hydrogens (tertiary/aromatic N) is 1. The highest BCUT2D eigenvalue weighted by atomic mass is 16.4. The Morgan fingerprint density at radius 1 is 0.958 bits per heavy atom. The standard InChI is InChI=1S/C19H14N2O3/c22-12-16-10-14(13-4-2-1-3-5-13)6-7-17(16)15-8-9-20-18(11-15)21-19(23)24/h1-12H,(H,20,21)(H,23,24). The number of pyridine rings is 1. The van der Waals surface area contributed by atoms with Crippen molar-refractivity contribution in [2.45, 2.75) is 0 Å². The summed E-state index contributed by atoms with van der Waals surface area (Å²) in [6.07, 6.45) is 1.11. The summed E-state index contributed by atoms with van der Waals surface area (Å²) >= 11 is 0. The molecule has 0 spiro atoms. The number of carboxylic acid groups (broad SMARTS) is 1. The van der Waals surface area contributed by atoms with Gasteiger partial charge in [0.25, 0.3) is 0 Å². The number of nitrogens with one attached hydrogen (secondary N) is 1. The fourth-order valence-corrected chi connectivity index (χ4v) is 2.51. The minimum Gasteiger partial charge on any atom is -0.465 e. The fourth-order valence-electron chi connectivity index (χ4n) is 2.51. The lowest BCUT2D eigenvalue weighted by molar-refractivity contribution is 0.112. The molecule has 24 heavy (non-hydrogen) atoms. The van der Waals surface area contributed by atoms with Crippen LogP contribution >= 0.6 is 0 Å². The summed E-state index contributed by atoms with van der Waals surface area (Å²) in [7, 11) is 0. The van der Waals surface area contributed by atoms with Gasteiger partial charge in [-0.05, 0) is 40.5 Å². The van der Waals surface area contributed by atoms with Gasteiger partial charge in [-0.2, -0.15) is 0 Å². The Hall–Kier alpha value is -3.47. The molecule has 118 valence electrons. The molecule has 0 aliphatic carbocycles. The second-order valence-corrected chi connectivity index (χ2v) is 5.15. The highest BCUT2D eigenvalue weighted by Crippen LogP contribution is 2.29. The summed E-state index contributed by atoms with van der Waals surface area (Å²) < 4.78 is 0. The van der Waals surface area contributed by atoms with Crippen molar-refractivity contribution < 1.29 is 14.7 Å². The van der Waals surface area contributed by atoms with Gasteiger partial charge in [0.1, 0.15) is 5.82 Å². The molecular weight excluding hydrogens is 304 g/mol. The van der Waals surface area contributed by atoms with Crippen LogP contribution in [-0.4, -0.2) is 22.5 Å². The third-order valence-electron chi connectivity index (χ3n) is 3.59. The summed E-state index contributed by atoms with van der Waals surface area (Å²) in [6, 6.07) is 18.7. The lowest BCUT2D eigenvalue weighted by Crippen LogP contribution is -2.08. The van der Waals surface area contributed by atoms with Crippen LogP contribution in [-0.2, 0) is 0 Å². The zero-order valence-electron chi connectivity index (χ0n) is 12.6. The van der Waals surface area contributed by atoms with Gasteiger partial charge < -0.3 is 5.11 Å². The number of aldehydes is 1. The van der Waals surface area contributed by atoms with Crippen LogP contribution in [0.3, 0.4) is 0 Å². The zero-order chi connectivity index (χ0) is 16.9. The Morgan fingerprint density at radius 2 is 1.75 bits per heavy atom. The van der Waals surface area contributed by atoms with Crippen LogP contribution in [0.15, 0.2) is 66.9 Å². The molecule has 5 heteroatoms. The van der Waals surface area contributed by atoms with Gasteiger partial charge in [0.2, 0.25) is 0 Å². The maximum Gasteiger partial charge on any atom is 0.410 e. The average Bonchev–Trinajstić information content (AvgIpc) is 2.61. The first-order valence-electron chi connectivity index (χ1n) is 7.28. The Balaban J connectivity index is 2.03. The molecule has 2 aromatic carbocycles. The van der Waals surface area contributed by atoms with Crippen LogP contribution in [0, 0.1) is 0 Å². The van der Waals surface area contributed by atoms with Crippen molar-refractivity contribution in [3.8, 4) is 22.3 Å². The van der Waals surface area contributed by atoms with Crippen LogP contribution in [0.5, 0.6) is 0 Å². The van der Waals surface area contributed by atoms with E-state index in [1.54, 1.807) is 12.1 Å². The number of aromatic nitrogens is 1. The van der Waals surface area contributed by atoms with Gasteiger partial charge >= 0.3 is 6.09 Å². The number of carbonyl (C=O) groups is 2. The number of hydrogen-bond acceptors (Lipinski definition) is 3. The van der Waals surface area contributed by atoms with E-state index in [-0.39, 0.29) is 5.82 Å². The van der Waals surface area contributed by atoms with Crippen LogP contribution in [0.4, 0.5) is 10.6 Å². The molecule has 5 nitrogen and oxygen atoms in total. The number of anilines is 1. The van der Waals surface area contributed by atoms with E-state index in [9.17, 15) is 9.59 Å². The molecule has 3 rings (SSSR count). The Kier molecular flexibility index (Phi) is 4.34. The first-order chi connectivity index (χ1) is 11.7. The minimum absolute atomic E-state index is 0.212. The number of amides is 1. The van der Waals surface area contributed by atoms with Crippen LogP contribution < -0.4 is 5.32 Å². The topological polar surface area (TPSA) is 79.3 Å². The molecule has 0 fully saturated rings. The number of carbonyl (C=O) groups excluding carboxylic acids is 1. The highest BCUT2D eigenvalue weighted by Gasteiger charge is 2.09. The van der Waals surface area contributed by atoms with E-state index in [2.05, 4.69) is 10.3 Å². The third-order valence-corrected chi connectivity index (χ3v) is 3.59. The molecule has 0 saturated heterocycles. The monoisotopic (exact) mass is 318 g/mol. The van der Waals surface area contributed by atoms with Gasteiger partial charge in [0.05, 0.1) is 0 Å². The fraction of sp³-hybridized carbons (Fsp3) is 0. The minimum atomic E-state index is -1.19. The first-order valence-corrected chi connectivity index (χ1v) is 7.28. The van der Waals surface area contributed by atoms with Gasteiger partial charge in [-0.1, -0.05) is 42.5 Å². The van der Waals surface area contributed by atoms with Crippen molar-refractivity contribution in [1.82, 2.24) is 4.98 Å². The van der Waals surface area contributed by atoms with Gasteiger partial charge in [0.15, 0.2) is 6.29 Å². The van der Waals surface area contributed by atoms with Crippen molar-refractivity contribution >= 4 is 18.2 Å². The van der Waals surface area contributed by atoms with Gasteiger partial charge in [-0.15, -0.1) is 0 Å². The Morgan fingerprint density at radius 3 is 2.46 bits per heavy atom. The summed E-state index contributed by atoms with van der Waals surface area (Å²) in [6.45, 7) is 0. The van der Waals surface area contributed by atoms with Crippen molar-refractivity contribution in [2.75, 3.05) is 5.32 Å². The molecule has 0 atom stereocenters. The van der Waals surface area contributed by atoms with E-state index in [1.165, 1.54) is 6.20 Å². The van der Waals surface area contributed by atoms with Crippen LogP contribution in [0.2, 0.25) is 0 Å². The van der Waals surface area contributed by atoms with Crippen molar-refractivity contribution in [3.63, 3.8) is 0 Å². The maximum atomic E-state index is 11.5. The predicted molar refractivity (Wildman–Crippen MR) is 92.1 cm³/mol. The smallest absolute Gasteiger partial charge is 0.410 e. The molecular formula is C19H14N2O3. The molecule has 0 aliphatic heterocycles. The molecule has 1 amide bonds. The molecule has 3 aromatic rings. The molecule has 2 N–H and O–H groups in total. The van der Waals surface area contributed by atoms with Gasteiger partial charge in [0, 0.05) is 11.8 Å². The number of hydrogen-bond donors (Lipinski definition) is 2. The first kappa shape index (κ1) is 15.4. The van der Waals surface area contributed by atoms with E-state index >= 15 is 0 Å². The molecule has 0 bridgehead atoms. The van der Waals surface area contributed by atoms with E-state index in [1.807, 2.05) is 48.5 Å². The summed E-state index contributed by atoms with van der Waals surface area (Å²) in [5.41, 5.74) is 3.94. The maximum absolute atomic E-state index is 11.5. The molecule has 0 aliphatic rings. The molecule has 1 aromatic heterocycles. The van der Waals surface area contributed by atoms with Gasteiger partial charge in [-0.25, -0.2) is 9.78 Å². The largest absolute Gasteiger partial charge is 0.465 e. The van der Waals surface area contributed by atoms with E-state index in [4.69, 9.17) is 5.11 Å². The SMILES string of the molecule is O=Cc1cc(-c2ccccc2)ccc1-c1ccnc(NC(=O)O)c1. The zero-order valence-corrected chi connectivity index (χ0v) is 12.6. The average molecular weight is 318 g/mol. The second kappa shape index (κ2) is 6.75. The van der Waals surface area contributed by atoms with E-state index in [0.29, 0.717) is 5.56 Å². The Bertz CT molecular complexity index is 892. The summed E-state index contributed by atoms with van der Waals surface area (Å²) in [5, 5.41) is 11.0. The number of rotatable bonds is 4. The van der Waals surface area contributed by atoms with Crippen LogP contribution in [0.1, 0.15) is 10.4 Å². The quantitative estimate of drug-likeness (QED) is 0.702. The van der Waals surface area contributed by atoms with E-state index in [0.717, 1.165) is 28.5 Å². The van der Waals surface area contributed by atoms with Crippen molar-refractivity contribution in [2.24, 2.45) is 0 Å². The predicted octanol–water partition coefficient (Wildman–Crippen LogP) is 4.32. The number of benzene rings is 2. The molecule has 0 saturated carbocycles. The lowest BCUT2D eigenvalue weighted by atomic mass is 9.96. The summed E-state index contributed by atoms with van der Waals surface area (Å²) in [4.78, 5) is 26.2. The molecule has 0 unspecified atom stereocenters. The Labute approximate surface area is 138 Å². The van der Waals surface area contributed by atoms with Crippen molar-refractivity contribution in [3.05, 3.63) is 72.4 Å². The normalized spacial score (nSPS) is 10.2. The highest BCUT2D eigenvalue weighted by molar-refractivity contribution is 5.91. The van der Waals surface area contributed by atoms with E-state index < -0.39 is 6.09 Å². The molecule has 0 radical (unpaired) electrons. The molecule has 1 heterocycles. The summed E-state index contributed by atoms with van der Waals surface area (Å²) in [5.74, 6) is 0.212. The van der Waals surface area contributed by atoms with Crippen LogP contribution in [0.25, 0.3) is 22.3 Å². The lowest BCUT2D eigenvalue weighted by Gasteiger charge is -2.09. The van der Waals surface area contributed by atoms with Gasteiger partial charge in [-0.3, -0.25) is 10.1 Å². The second-order valence-electron chi connectivity index (χ2n) is 5.15. The van der Waals surface area contributed by atoms with Crippen molar-refractivity contribution in [1.29, 1.82) is 0 Å².